The molecule has 0 bridgehead atoms. The Hall–Kier alpha value is -1.33. The quantitative estimate of drug-likeness (QED) is 0.416. The van der Waals surface area contributed by atoms with Crippen molar-refractivity contribution in [3.8, 4) is 0 Å². The maximum atomic E-state index is 12.0. The molecular formula is C13H18Cl3N5O5. The number of morpholine rings is 1. The molecule has 1 amide bonds. The fourth-order valence-corrected chi connectivity index (χ4v) is 3.05. The molecule has 10 nitrogen and oxygen atoms in total. The number of ether oxygens (including phenoxy) is 2. The van der Waals surface area contributed by atoms with Crippen molar-refractivity contribution in [2.45, 2.75) is 23.4 Å². The van der Waals surface area contributed by atoms with Gasteiger partial charge in [-0.15, -0.1) is 0 Å². The van der Waals surface area contributed by atoms with E-state index in [1.807, 2.05) is 0 Å². The van der Waals surface area contributed by atoms with Gasteiger partial charge in [-0.1, -0.05) is 34.8 Å². The fraction of sp³-hybridized carbons (Fsp3) is 0.692. The molecule has 1 fully saturated rings. The van der Waals surface area contributed by atoms with Gasteiger partial charge in [0.2, 0.25) is 3.79 Å². The van der Waals surface area contributed by atoms with Gasteiger partial charge in [-0.25, -0.2) is 14.3 Å². The van der Waals surface area contributed by atoms with Crippen LogP contribution >= 0.6 is 34.8 Å². The summed E-state index contributed by atoms with van der Waals surface area (Å²) in [5.74, 6) is 0.257. The Kier molecular flexibility index (Phi) is 7.30. The molecule has 0 aromatic carbocycles. The van der Waals surface area contributed by atoms with E-state index in [1.165, 1.54) is 4.57 Å². The number of alkyl halides is 3. The van der Waals surface area contributed by atoms with Crippen molar-refractivity contribution in [3.63, 3.8) is 0 Å². The number of amides is 1. The predicted octanol–water partition coefficient (Wildman–Crippen LogP) is 1.85. The maximum Gasteiger partial charge on any atom is 0.408 e. The predicted molar refractivity (Wildman–Crippen MR) is 94.6 cm³/mol. The van der Waals surface area contributed by atoms with Gasteiger partial charge in [0.25, 0.3) is 0 Å². The largest absolute Gasteiger partial charge is 0.445 e. The fourth-order valence-electron chi connectivity index (χ4n) is 2.48. The summed E-state index contributed by atoms with van der Waals surface area (Å²) in [6.45, 7) is 3.46. The second-order valence-corrected chi connectivity index (χ2v) is 7.81. The maximum absolute atomic E-state index is 12.0. The zero-order chi connectivity index (χ0) is 19.3. The number of carbonyl (C=O) groups excluding carboxylic acids is 1. The van der Waals surface area contributed by atoms with Gasteiger partial charge < -0.3 is 24.9 Å². The van der Waals surface area contributed by atoms with Crippen molar-refractivity contribution in [2.75, 3.05) is 32.9 Å². The Bertz CT molecular complexity index is 645. The molecule has 0 spiro atoms. The molecule has 146 valence electrons. The molecule has 0 aliphatic carbocycles. The van der Waals surface area contributed by atoms with Gasteiger partial charge >= 0.3 is 11.9 Å². The van der Waals surface area contributed by atoms with Crippen molar-refractivity contribution >= 4 is 46.7 Å². The number of rotatable bonds is 6. The molecule has 2 heterocycles. The molecule has 1 aromatic heterocycles. The molecule has 1 aliphatic heterocycles. The number of aryl methyl sites for hydroxylation is 1. The van der Waals surface area contributed by atoms with Crippen LogP contribution in [0.15, 0.2) is 6.20 Å². The molecule has 0 saturated carbocycles. The van der Waals surface area contributed by atoms with Crippen LogP contribution in [0.25, 0.3) is 0 Å². The van der Waals surface area contributed by atoms with Crippen LogP contribution in [0.4, 0.5) is 10.6 Å². The van der Waals surface area contributed by atoms with Crippen molar-refractivity contribution in [2.24, 2.45) is 0 Å². The number of nitro groups is 1. The highest BCUT2D eigenvalue weighted by molar-refractivity contribution is 6.68. The van der Waals surface area contributed by atoms with Gasteiger partial charge in [-0.05, 0) is 4.92 Å². The van der Waals surface area contributed by atoms with Gasteiger partial charge in [0.1, 0.15) is 25.5 Å². The summed E-state index contributed by atoms with van der Waals surface area (Å²) in [7, 11) is 0. The first-order valence-corrected chi connectivity index (χ1v) is 8.82. The van der Waals surface area contributed by atoms with E-state index < -0.39 is 21.0 Å². The lowest BCUT2D eigenvalue weighted by molar-refractivity contribution is -0.392. The Morgan fingerprint density at radius 2 is 2.15 bits per heavy atom. The van der Waals surface area contributed by atoms with Crippen LogP contribution in [0.1, 0.15) is 5.82 Å². The molecule has 1 unspecified atom stereocenters. The SMILES string of the molecule is Cc1ncc([N+](=O)[O-])n1CCOC(=O)NC(N1CCOCC1)C(Cl)(Cl)Cl. The molecule has 1 aliphatic rings. The van der Waals surface area contributed by atoms with Crippen LogP contribution in [0.2, 0.25) is 0 Å². The lowest BCUT2D eigenvalue weighted by Crippen LogP contribution is -2.58. The van der Waals surface area contributed by atoms with Crippen molar-refractivity contribution < 1.29 is 19.2 Å². The van der Waals surface area contributed by atoms with Gasteiger partial charge in [0.15, 0.2) is 5.82 Å². The highest BCUT2D eigenvalue weighted by Crippen LogP contribution is 2.32. The van der Waals surface area contributed by atoms with E-state index >= 15 is 0 Å². The highest BCUT2D eigenvalue weighted by atomic mass is 35.6. The van der Waals surface area contributed by atoms with E-state index in [0.29, 0.717) is 32.1 Å². The van der Waals surface area contributed by atoms with E-state index in [9.17, 15) is 14.9 Å². The standard InChI is InChI=1S/C13H18Cl3N5O5/c1-9-17-8-10(21(23)24)20(9)4-7-26-12(22)18-11(13(14,15)16)19-2-5-25-6-3-19/h8,11H,2-7H2,1H3,(H,18,22). The topological polar surface area (TPSA) is 112 Å². The monoisotopic (exact) mass is 429 g/mol. The molecule has 1 saturated heterocycles. The third-order valence-electron chi connectivity index (χ3n) is 3.74. The number of hydrogen-bond acceptors (Lipinski definition) is 7. The molecule has 2 rings (SSSR count). The lowest BCUT2D eigenvalue weighted by Gasteiger charge is -2.37. The first-order chi connectivity index (χ1) is 12.2. The van der Waals surface area contributed by atoms with Crippen molar-refractivity contribution in [1.29, 1.82) is 0 Å². The molecule has 26 heavy (non-hydrogen) atoms. The Balaban J connectivity index is 1.90. The molecular weight excluding hydrogens is 413 g/mol. The zero-order valence-electron chi connectivity index (χ0n) is 13.9. The number of imidazole rings is 1. The van der Waals surface area contributed by atoms with Crippen LogP contribution < -0.4 is 5.32 Å². The van der Waals surface area contributed by atoms with E-state index in [1.54, 1.807) is 11.8 Å². The summed E-state index contributed by atoms with van der Waals surface area (Å²) in [6, 6.07) is 0. The minimum Gasteiger partial charge on any atom is -0.445 e. The lowest BCUT2D eigenvalue weighted by atomic mass is 10.3. The summed E-state index contributed by atoms with van der Waals surface area (Å²) in [5.41, 5.74) is 0. The minimum absolute atomic E-state index is 0.0750. The summed E-state index contributed by atoms with van der Waals surface area (Å²) in [4.78, 5) is 28.1. The average Bonchev–Trinajstić information content (AvgIpc) is 2.93. The third-order valence-corrected chi connectivity index (χ3v) is 4.36. The molecule has 13 heteroatoms. The van der Waals surface area contributed by atoms with Crippen molar-refractivity contribution in [1.82, 2.24) is 19.8 Å². The molecule has 1 N–H and O–H groups in total. The highest BCUT2D eigenvalue weighted by Gasteiger charge is 2.39. The molecule has 1 aromatic rings. The first-order valence-electron chi connectivity index (χ1n) is 7.68. The Labute approximate surface area is 164 Å². The number of nitrogens with zero attached hydrogens (tertiary/aromatic N) is 4. The zero-order valence-corrected chi connectivity index (χ0v) is 16.1. The molecule has 1 atom stereocenters. The smallest absolute Gasteiger partial charge is 0.408 e. The second-order valence-electron chi connectivity index (χ2n) is 5.45. The number of carbonyl (C=O) groups is 1. The number of aromatic nitrogens is 2. The van der Waals surface area contributed by atoms with Gasteiger partial charge in [-0.3, -0.25) is 4.90 Å². The number of hydrogen-bond donors (Lipinski definition) is 1. The van der Waals surface area contributed by atoms with Crippen LogP contribution in [-0.2, 0) is 16.0 Å². The van der Waals surface area contributed by atoms with E-state index in [4.69, 9.17) is 44.3 Å². The first kappa shape index (κ1) is 21.0. The average molecular weight is 431 g/mol. The van der Waals surface area contributed by atoms with Crippen LogP contribution in [-0.4, -0.2) is 68.3 Å². The van der Waals surface area contributed by atoms with Crippen LogP contribution in [0.5, 0.6) is 0 Å². The number of alkyl carbamates (subject to hydrolysis) is 1. The van der Waals surface area contributed by atoms with E-state index in [0.717, 1.165) is 6.20 Å². The van der Waals surface area contributed by atoms with Crippen molar-refractivity contribution in [3.05, 3.63) is 22.1 Å². The Morgan fingerprint density at radius 3 is 2.73 bits per heavy atom. The Morgan fingerprint density at radius 1 is 1.50 bits per heavy atom. The van der Waals surface area contributed by atoms with Gasteiger partial charge in [-0.2, -0.15) is 0 Å². The normalized spacial score (nSPS) is 16.9. The molecule has 0 radical (unpaired) electrons. The van der Waals surface area contributed by atoms with E-state index in [2.05, 4.69) is 10.3 Å². The van der Waals surface area contributed by atoms with Gasteiger partial charge in [0.05, 0.1) is 13.2 Å². The third kappa shape index (κ3) is 5.58. The second kappa shape index (κ2) is 9.05. The minimum atomic E-state index is -1.77. The van der Waals surface area contributed by atoms with Crippen LogP contribution in [0, 0.1) is 17.0 Å². The van der Waals surface area contributed by atoms with Gasteiger partial charge in [0, 0.05) is 20.0 Å². The van der Waals surface area contributed by atoms with Crippen LogP contribution in [0.3, 0.4) is 0 Å². The summed E-state index contributed by atoms with van der Waals surface area (Å²) in [6.07, 6.45) is -0.548. The summed E-state index contributed by atoms with van der Waals surface area (Å²) >= 11 is 17.9. The summed E-state index contributed by atoms with van der Waals surface area (Å²) < 4.78 is 9.87. The number of nitrogens with one attached hydrogen (secondary N) is 1. The summed E-state index contributed by atoms with van der Waals surface area (Å²) in [5, 5.41) is 13.4. The van der Waals surface area contributed by atoms with E-state index in [-0.39, 0.29) is 19.0 Å². The number of halogens is 3.